The van der Waals surface area contributed by atoms with Crippen LogP contribution in [0, 0.1) is 5.92 Å². The summed E-state index contributed by atoms with van der Waals surface area (Å²) in [5.41, 5.74) is 3.55. The van der Waals surface area contributed by atoms with E-state index in [1.165, 1.54) is 6.42 Å². The van der Waals surface area contributed by atoms with Crippen molar-refractivity contribution in [3.05, 3.63) is 72.1 Å². The average Bonchev–Trinajstić information content (AvgIpc) is 3.69. The number of hydrogen-bond acceptors (Lipinski definition) is 4. The van der Waals surface area contributed by atoms with Gasteiger partial charge in [-0.25, -0.2) is 0 Å². The first-order valence-electron chi connectivity index (χ1n) is 13.7. The monoisotopic (exact) mass is 513 g/mol. The van der Waals surface area contributed by atoms with Crippen LogP contribution in [0.2, 0.25) is 0 Å². The molecule has 0 bridgehead atoms. The van der Waals surface area contributed by atoms with E-state index in [2.05, 4.69) is 4.57 Å². The zero-order chi connectivity index (χ0) is 26.2. The van der Waals surface area contributed by atoms with Gasteiger partial charge in [-0.1, -0.05) is 31.4 Å². The summed E-state index contributed by atoms with van der Waals surface area (Å²) in [4.78, 5) is 31.8. The van der Waals surface area contributed by atoms with Crippen LogP contribution in [0.4, 0.5) is 5.69 Å². The summed E-state index contributed by atoms with van der Waals surface area (Å²) in [5, 5.41) is 0. The first-order chi connectivity index (χ1) is 18.6. The number of benzene rings is 2. The Hall–Kier alpha value is -3.74. The van der Waals surface area contributed by atoms with E-state index in [1.54, 1.807) is 14.2 Å². The average molecular weight is 514 g/mol. The highest BCUT2D eigenvalue weighted by molar-refractivity contribution is 6.00. The van der Waals surface area contributed by atoms with Gasteiger partial charge in [-0.2, -0.15) is 0 Å². The molecule has 3 aliphatic rings. The van der Waals surface area contributed by atoms with Crippen LogP contribution in [-0.4, -0.2) is 48.1 Å². The third-order valence-electron chi connectivity index (χ3n) is 8.25. The van der Waals surface area contributed by atoms with E-state index >= 15 is 0 Å². The molecule has 2 saturated carbocycles. The van der Waals surface area contributed by atoms with Crippen LogP contribution in [0.15, 0.2) is 60.8 Å². The Morgan fingerprint density at radius 2 is 1.66 bits per heavy atom. The highest BCUT2D eigenvalue weighted by Gasteiger charge is 2.42. The number of anilines is 1. The lowest BCUT2D eigenvalue weighted by atomic mass is 9.88. The van der Waals surface area contributed by atoms with Gasteiger partial charge in [-0.3, -0.25) is 14.5 Å². The topological polar surface area (TPSA) is 64.0 Å². The Balaban J connectivity index is 1.43. The van der Waals surface area contributed by atoms with Crippen LogP contribution in [0.5, 0.6) is 11.5 Å². The maximum absolute atomic E-state index is 14.4. The van der Waals surface area contributed by atoms with Gasteiger partial charge in [0.1, 0.15) is 24.1 Å². The quantitative estimate of drug-likeness (QED) is 0.418. The summed E-state index contributed by atoms with van der Waals surface area (Å²) in [6.45, 7) is 0.0812. The molecule has 7 heteroatoms. The van der Waals surface area contributed by atoms with Crippen molar-refractivity contribution in [3.8, 4) is 17.2 Å². The van der Waals surface area contributed by atoms with Crippen molar-refractivity contribution in [1.29, 1.82) is 0 Å². The standard InChI is InChI=1S/C31H35N3O4/c1-37-23-16-17-28(38-2)24(19-23)30-27-13-8-18-32(27)25-11-6-7-12-26(25)34(30)29(35)20-33(22-14-15-22)31(36)21-9-4-3-5-10-21/h6-8,11-13,16-19,21-22,30H,3-5,9-10,14-15,20H2,1-2H3. The Morgan fingerprint density at radius 1 is 0.895 bits per heavy atom. The normalized spacial score (nSPS) is 18.9. The van der Waals surface area contributed by atoms with Crippen LogP contribution in [-0.2, 0) is 9.59 Å². The van der Waals surface area contributed by atoms with Crippen molar-refractivity contribution in [2.24, 2.45) is 5.92 Å². The van der Waals surface area contributed by atoms with Crippen LogP contribution in [0.25, 0.3) is 5.69 Å². The highest BCUT2D eigenvalue weighted by Crippen LogP contribution is 2.46. The molecule has 2 aliphatic carbocycles. The molecule has 6 rings (SSSR count). The van der Waals surface area contributed by atoms with E-state index in [-0.39, 0.29) is 30.3 Å². The van der Waals surface area contributed by atoms with Crippen LogP contribution in [0.1, 0.15) is 62.2 Å². The molecule has 2 heterocycles. The molecule has 1 aromatic heterocycles. The Bertz CT molecular complexity index is 1340. The number of amides is 2. The molecule has 1 unspecified atom stereocenters. The minimum atomic E-state index is -0.441. The fourth-order valence-corrected chi connectivity index (χ4v) is 6.19. The minimum Gasteiger partial charge on any atom is -0.497 e. The molecule has 2 amide bonds. The molecule has 2 fully saturated rings. The number of nitrogens with zero attached hydrogens (tertiary/aromatic N) is 3. The van der Waals surface area contributed by atoms with Crippen molar-refractivity contribution in [2.45, 2.75) is 57.0 Å². The molecule has 1 aliphatic heterocycles. The maximum Gasteiger partial charge on any atom is 0.247 e. The molecule has 0 radical (unpaired) electrons. The molecule has 38 heavy (non-hydrogen) atoms. The van der Waals surface area contributed by atoms with Crippen molar-refractivity contribution in [1.82, 2.24) is 9.47 Å². The predicted molar refractivity (Wildman–Crippen MR) is 146 cm³/mol. The molecule has 7 nitrogen and oxygen atoms in total. The molecule has 2 aromatic carbocycles. The summed E-state index contributed by atoms with van der Waals surface area (Å²) in [7, 11) is 3.28. The molecule has 1 atom stereocenters. The first kappa shape index (κ1) is 24.6. The smallest absolute Gasteiger partial charge is 0.247 e. The van der Waals surface area contributed by atoms with Gasteiger partial charge < -0.3 is 18.9 Å². The maximum atomic E-state index is 14.4. The predicted octanol–water partition coefficient (Wildman–Crippen LogP) is 5.50. The fraction of sp³-hybridized carbons (Fsp3) is 0.419. The SMILES string of the molecule is COc1ccc(OC)c(C2c3cccn3-c3ccccc3N2C(=O)CN(C(=O)C2CCCCC2)C2CC2)c1. The van der Waals surface area contributed by atoms with Gasteiger partial charge in [0.25, 0.3) is 0 Å². The number of para-hydroxylation sites is 2. The summed E-state index contributed by atoms with van der Waals surface area (Å²) in [6.07, 6.45) is 9.21. The summed E-state index contributed by atoms with van der Waals surface area (Å²) in [5.74, 6) is 1.48. The number of rotatable bonds is 7. The van der Waals surface area contributed by atoms with Crippen molar-refractivity contribution < 1.29 is 19.1 Å². The van der Waals surface area contributed by atoms with Crippen LogP contribution >= 0.6 is 0 Å². The van der Waals surface area contributed by atoms with Gasteiger partial charge in [-0.15, -0.1) is 0 Å². The van der Waals surface area contributed by atoms with Gasteiger partial charge in [0.2, 0.25) is 11.8 Å². The summed E-state index contributed by atoms with van der Waals surface area (Å²) >= 11 is 0. The highest BCUT2D eigenvalue weighted by atomic mass is 16.5. The first-order valence-corrected chi connectivity index (χ1v) is 13.7. The third-order valence-corrected chi connectivity index (χ3v) is 8.25. The van der Waals surface area contributed by atoms with Crippen molar-refractivity contribution >= 4 is 17.5 Å². The zero-order valence-electron chi connectivity index (χ0n) is 22.1. The molecule has 0 saturated heterocycles. The van der Waals surface area contributed by atoms with E-state index in [0.29, 0.717) is 11.5 Å². The van der Waals surface area contributed by atoms with Crippen LogP contribution < -0.4 is 14.4 Å². The summed E-state index contributed by atoms with van der Waals surface area (Å²) < 4.78 is 13.5. The van der Waals surface area contributed by atoms with E-state index in [4.69, 9.17) is 9.47 Å². The lowest BCUT2D eigenvalue weighted by Gasteiger charge is -2.40. The van der Waals surface area contributed by atoms with Gasteiger partial charge in [0.05, 0.1) is 31.3 Å². The number of carbonyl (C=O) groups excluding carboxylic acids is 2. The molecular weight excluding hydrogens is 478 g/mol. The second-order valence-corrected chi connectivity index (χ2v) is 10.6. The second-order valence-electron chi connectivity index (χ2n) is 10.6. The van der Waals surface area contributed by atoms with Gasteiger partial charge in [0, 0.05) is 23.7 Å². The van der Waals surface area contributed by atoms with Gasteiger partial charge >= 0.3 is 0 Å². The number of carbonyl (C=O) groups is 2. The van der Waals surface area contributed by atoms with E-state index in [0.717, 1.165) is 61.2 Å². The number of aromatic nitrogens is 1. The second kappa shape index (κ2) is 10.2. The summed E-state index contributed by atoms with van der Waals surface area (Å²) in [6, 6.07) is 17.4. The number of hydrogen-bond donors (Lipinski definition) is 0. The lowest BCUT2D eigenvalue weighted by Crippen LogP contribution is -2.49. The van der Waals surface area contributed by atoms with Gasteiger partial charge in [-0.05, 0) is 68.1 Å². The number of fused-ring (bicyclic) bond motifs is 3. The van der Waals surface area contributed by atoms with Crippen molar-refractivity contribution in [2.75, 3.05) is 25.7 Å². The van der Waals surface area contributed by atoms with E-state index in [1.807, 2.05) is 70.6 Å². The van der Waals surface area contributed by atoms with E-state index < -0.39 is 6.04 Å². The largest absolute Gasteiger partial charge is 0.497 e. The Morgan fingerprint density at radius 3 is 2.37 bits per heavy atom. The Kier molecular flexibility index (Phi) is 6.60. The molecule has 198 valence electrons. The number of methoxy groups -OCH3 is 2. The minimum absolute atomic E-state index is 0.0392. The fourth-order valence-electron chi connectivity index (χ4n) is 6.19. The van der Waals surface area contributed by atoms with Crippen molar-refractivity contribution in [3.63, 3.8) is 0 Å². The van der Waals surface area contributed by atoms with E-state index in [9.17, 15) is 9.59 Å². The Labute approximate surface area is 223 Å². The molecular formula is C31H35N3O4. The molecule has 3 aromatic rings. The molecule has 0 spiro atoms. The molecule has 0 N–H and O–H groups in total. The zero-order valence-corrected chi connectivity index (χ0v) is 22.1. The lowest BCUT2D eigenvalue weighted by molar-refractivity contribution is -0.140. The van der Waals surface area contributed by atoms with Crippen LogP contribution in [0.3, 0.4) is 0 Å². The van der Waals surface area contributed by atoms with Gasteiger partial charge in [0.15, 0.2) is 0 Å². The number of ether oxygens (including phenoxy) is 2. The third kappa shape index (κ3) is 4.34.